The fourth-order valence-electron chi connectivity index (χ4n) is 6.19. The summed E-state index contributed by atoms with van der Waals surface area (Å²) in [7, 11) is 2.09. The first-order valence-electron chi connectivity index (χ1n) is 17.0. The van der Waals surface area contributed by atoms with Gasteiger partial charge in [-0.3, -0.25) is 29.4 Å². The minimum Gasteiger partial charge on any atom is -0.507 e. The molecule has 1 fully saturated rings. The topological polar surface area (TPSA) is 177 Å². The lowest BCUT2D eigenvalue weighted by Crippen LogP contribution is -2.54. The van der Waals surface area contributed by atoms with Crippen LogP contribution in [-0.2, 0) is 22.6 Å². The van der Waals surface area contributed by atoms with E-state index in [4.69, 9.17) is 15.2 Å². The van der Waals surface area contributed by atoms with Gasteiger partial charge in [-0.25, -0.2) is 0 Å². The van der Waals surface area contributed by atoms with Gasteiger partial charge < -0.3 is 25.2 Å². The summed E-state index contributed by atoms with van der Waals surface area (Å²) >= 11 is 0. The van der Waals surface area contributed by atoms with Crippen molar-refractivity contribution < 1.29 is 33.8 Å². The number of anilines is 1. The summed E-state index contributed by atoms with van der Waals surface area (Å²) in [6.45, 7) is 2.62. The van der Waals surface area contributed by atoms with Crippen LogP contribution in [-0.4, -0.2) is 81.6 Å². The average Bonchev–Trinajstić information content (AvgIpc) is 3.36. The van der Waals surface area contributed by atoms with Crippen LogP contribution in [0, 0.1) is 0 Å². The first kappa shape index (κ1) is 35.0. The number of ether oxygens (including phenoxy) is 2. The molecule has 2 aliphatic heterocycles. The molecule has 0 saturated carbocycles. The second-order valence-corrected chi connectivity index (χ2v) is 12.7. The van der Waals surface area contributed by atoms with E-state index in [-0.39, 0.29) is 35.5 Å². The number of benzene rings is 3. The van der Waals surface area contributed by atoms with E-state index in [1.807, 2.05) is 6.07 Å². The first-order chi connectivity index (χ1) is 24.7. The van der Waals surface area contributed by atoms with Gasteiger partial charge in [-0.1, -0.05) is 36.4 Å². The number of nitrogen functional groups attached to an aromatic ring is 1. The molecule has 51 heavy (non-hydrogen) atoms. The molecule has 1 unspecified atom stereocenters. The van der Waals surface area contributed by atoms with Crippen LogP contribution >= 0.6 is 0 Å². The van der Waals surface area contributed by atoms with Gasteiger partial charge in [-0.15, -0.1) is 10.2 Å². The summed E-state index contributed by atoms with van der Waals surface area (Å²) in [5.74, 6) is -0.912. The quantitative estimate of drug-likeness (QED) is 0.121. The molecule has 3 aromatic carbocycles. The number of amides is 4. The number of nitrogens with zero attached hydrogens (tertiary/aromatic N) is 4. The van der Waals surface area contributed by atoms with E-state index in [9.17, 15) is 24.3 Å². The van der Waals surface area contributed by atoms with Crippen LogP contribution in [0.5, 0.6) is 17.2 Å². The fourth-order valence-corrected chi connectivity index (χ4v) is 6.19. The van der Waals surface area contributed by atoms with Crippen LogP contribution in [0.1, 0.15) is 63.9 Å². The van der Waals surface area contributed by atoms with E-state index in [0.717, 1.165) is 42.8 Å². The average molecular weight is 693 g/mol. The zero-order valence-corrected chi connectivity index (χ0v) is 28.3. The van der Waals surface area contributed by atoms with Crippen molar-refractivity contribution in [2.45, 2.75) is 51.1 Å². The minimum absolute atomic E-state index is 0.0767. The molecule has 1 saturated heterocycles. The van der Waals surface area contributed by atoms with E-state index in [1.54, 1.807) is 42.5 Å². The summed E-state index contributed by atoms with van der Waals surface area (Å²) in [5.41, 5.74) is 9.80. The Labute approximate surface area is 295 Å². The van der Waals surface area contributed by atoms with E-state index >= 15 is 0 Å². The summed E-state index contributed by atoms with van der Waals surface area (Å²) < 4.78 is 11.8. The van der Waals surface area contributed by atoms with Crippen molar-refractivity contribution in [2.75, 3.05) is 32.5 Å². The molecule has 0 radical (unpaired) electrons. The number of hydrogen-bond donors (Lipinski definition) is 3. The van der Waals surface area contributed by atoms with Gasteiger partial charge in [0, 0.05) is 31.0 Å². The molecule has 1 atom stereocenters. The van der Waals surface area contributed by atoms with Crippen LogP contribution in [0.3, 0.4) is 0 Å². The number of phenolic OH excluding ortho intramolecular Hbond substituents is 1. The molecule has 0 bridgehead atoms. The molecule has 1 aromatic heterocycles. The Morgan fingerprint density at radius 1 is 0.863 bits per heavy atom. The number of carbonyl (C=O) groups excluding carboxylic acids is 4. The molecule has 6 rings (SSSR count). The largest absolute Gasteiger partial charge is 0.507 e. The molecular weight excluding hydrogens is 652 g/mol. The Balaban J connectivity index is 0.882. The Morgan fingerprint density at radius 3 is 2.41 bits per heavy atom. The lowest BCUT2D eigenvalue weighted by Gasteiger charge is -2.27. The van der Waals surface area contributed by atoms with Crippen LogP contribution in [0.25, 0.3) is 11.3 Å². The van der Waals surface area contributed by atoms with Crippen molar-refractivity contribution in [1.29, 1.82) is 0 Å². The van der Waals surface area contributed by atoms with Crippen molar-refractivity contribution in [1.82, 2.24) is 25.3 Å². The minimum atomic E-state index is -0.993. The number of rotatable bonds is 15. The molecule has 4 N–H and O–H groups in total. The molecular formula is C38H40N6O7. The lowest BCUT2D eigenvalue weighted by atomic mass is 10.0. The maximum absolute atomic E-state index is 13.0. The number of unbranched alkanes of at least 4 members (excludes halogenated alkanes) is 2. The third-order valence-corrected chi connectivity index (χ3v) is 8.95. The molecule has 2 aliphatic rings. The molecule has 0 spiro atoms. The SMILES string of the molecule is CN(CCCCCOc1ccc2c(c1)C(=O)N(C1CCC(=O)NC1=O)C2=O)Cc1ccc(CCOc2cc(-c3ccccc3O)nnc2N)cc1. The summed E-state index contributed by atoms with van der Waals surface area (Å²) in [6.07, 6.45) is 3.66. The van der Waals surface area contributed by atoms with Gasteiger partial charge >= 0.3 is 0 Å². The summed E-state index contributed by atoms with van der Waals surface area (Å²) in [6, 6.07) is 20.8. The lowest BCUT2D eigenvalue weighted by molar-refractivity contribution is -0.136. The molecule has 0 aliphatic carbocycles. The smallest absolute Gasteiger partial charge is 0.262 e. The van der Waals surface area contributed by atoms with Gasteiger partial charge in [0.1, 0.15) is 23.2 Å². The van der Waals surface area contributed by atoms with Crippen molar-refractivity contribution in [3.05, 3.63) is 95.1 Å². The van der Waals surface area contributed by atoms with Gasteiger partial charge in [0.25, 0.3) is 11.8 Å². The maximum Gasteiger partial charge on any atom is 0.262 e. The molecule has 13 nitrogen and oxygen atoms in total. The van der Waals surface area contributed by atoms with E-state index < -0.39 is 29.7 Å². The van der Waals surface area contributed by atoms with E-state index in [2.05, 4.69) is 51.7 Å². The number of para-hydroxylation sites is 1. The second-order valence-electron chi connectivity index (χ2n) is 12.7. The zero-order chi connectivity index (χ0) is 35.9. The molecule has 13 heteroatoms. The number of hydrogen-bond acceptors (Lipinski definition) is 11. The van der Waals surface area contributed by atoms with Gasteiger partial charge in [0.05, 0.1) is 24.3 Å². The first-order valence-corrected chi connectivity index (χ1v) is 17.0. The number of carbonyl (C=O) groups is 4. The van der Waals surface area contributed by atoms with Crippen LogP contribution in [0.15, 0.2) is 72.8 Å². The van der Waals surface area contributed by atoms with Gasteiger partial charge in [-0.2, -0.15) is 0 Å². The van der Waals surface area contributed by atoms with E-state index in [0.29, 0.717) is 42.4 Å². The molecule has 4 aromatic rings. The third kappa shape index (κ3) is 8.32. The standard InChI is InChI=1S/C38H40N6O7/c1-43(23-25-11-9-24(10-12-25)17-20-51-33-22-30(41-42-35(33)39)28-7-3-4-8-32(28)45)18-5-2-6-19-50-26-13-14-27-29(21-26)38(49)44(37(27)48)31-15-16-34(46)40-36(31)47/h3-4,7-14,21-22,31,45H,2,5-6,15-20,23H2,1H3,(H2,39,42)(H,40,46,47). The normalized spacial score (nSPS) is 15.6. The highest BCUT2D eigenvalue weighted by Crippen LogP contribution is 2.32. The second kappa shape index (κ2) is 15.8. The summed E-state index contributed by atoms with van der Waals surface area (Å²) in [4.78, 5) is 52.9. The molecule has 4 amide bonds. The monoisotopic (exact) mass is 692 g/mol. The highest BCUT2D eigenvalue weighted by molar-refractivity contribution is 6.23. The van der Waals surface area contributed by atoms with Crippen LogP contribution < -0.4 is 20.5 Å². The fraction of sp³-hybridized carbons (Fsp3) is 0.316. The molecule has 3 heterocycles. The van der Waals surface area contributed by atoms with Crippen molar-refractivity contribution in [2.24, 2.45) is 0 Å². The Hall–Kier alpha value is -5.82. The number of nitrogens with one attached hydrogen (secondary N) is 1. The number of piperidine rings is 1. The third-order valence-electron chi connectivity index (χ3n) is 8.95. The number of aromatic nitrogens is 2. The highest BCUT2D eigenvalue weighted by Gasteiger charge is 2.44. The predicted octanol–water partition coefficient (Wildman–Crippen LogP) is 4.14. The van der Waals surface area contributed by atoms with Crippen molar-refractivity contribution >= 4 is 29.4 Å². The van der Waals surface area contributed by atoms with Gasteiger partial charge in [0.15, 0.2) is 11.6 Å². The van der Waals surface area contributed by atoms with Crippen LogP contribution in [0.2, 0.25) is 0 Å². The Bertz CT molecular complexity index is 1930. The predicted molar refractivity (Wildman–Crippen MR) is 188 cm³/mol. The van der Waals surface area contributed by atoms with Crippen molar-refractivity contribution in [3.63, 3.8) is 0 Å². The van der Waals surface area contributed by atoms with Crippen LogP contribution in [0.4, 0.5) is 5.82 Å². The van der Waals surface area contributed by atoms with Gasteiger partial charge in [0.2, 0.25) is 11.8 Å². The Morgan fingerprint density at radius 2 is 1.63 bits per heavy atom. The Kier molecular flexibility index (Phi) is 10.9. The number of imide groups is 2. The van der Waals surface area contributed by atoms with Crippen molar-refractivity contribution in [3.8, 4) is 28.5 Å². The maximum atomic E-state index is 13.0. The summed E-state index contributed by atoms with van der Waals surface area (Å²) in [5, 5.41) is 20.4. The number of nitrogens with two attached hydrogens (primary N) is 1. The number of fused-ring (bicyclic) bond motifs is 1. The number of aromatic hydroxyl groups is 1. The molecule has 264 valence electrons. The number of phenols is 1. The zero-order valence-electron chi connectivity index (χ0n) is 28.3. The van der Waals surface area contributed by atoms with Gasteiger partial charge in [-0.05, 0) is 80.7 Å². The van der Waals surface area contributed by atoms with E-state index in [1.165, 1.54) is 5.56 Å². The highest BCUT2D eigenvalue weighted by atomic mass is 16.5.